The lowest BCUT2D eigenvalue weighted by Crippen LogP contribution is -2.52. The number of morpholine rings is 1. The molecule has 0 aliphatic carbocycles. The van der Waals surface area contributed by atoms with Crippen LogP contribution in [0.5, 0.6) is 0 Å². The van der Waals surface area contributed by atoms with Crippen LogP contribution in [0.25, 0.3) is 0 Å². The van der Waals surface area contributed by atoms with Crippen molar-refractivity contribution in [1.29, 1.82) is 0 Å². The first kappa shape index (κ1) is 13.4. The average molecular weight is 230 g/mol. The number of carbonyl (C=O) groups excluding carboxylic acids is 1. The van der Waals surface area contributed by atoms with Crippen LogP contribution in [0.4, 0.5) is 0 Å². The van der Waals surface area contributed by atoms with Gasteiger partial charge in [0.25, 0.3) is 0 Å². The molecule has 0 bridgehead atoms. The van der Waals surface area contributed by atoms with Crippen LogP contribution < -0.4 is 5.73 Å². The Morgan fingerprint density at radius 1 is 1.56 bits per heavy atom. The fourth-order valence-corrected chi connectivity index (χ4v) is 2.08. The summed E-state index contributed by atoms with van der Waals surface area (Å²) in [5.74, 6) is -0.354. The summed E-state index contributed by atoms with van der Waals surface area (Å²) < 4.78 is 9.98. The summed E-state index contributed by atoms with van der Waals surface area (Å²) in [4.78, 5) is 13.8. The molecule has 5 heteroatoms. The Balaban J connectivity index is 2.48. The number of hydrogen-bond donors (Lipinski definition) is 1. The largest absolute Gasteiger partial charge is 0.468 e. The van der Waals surface area contributed by atoms with Crippen LogP contribution in [0, 0.1) is 0 Å². The van der Waals surface area contributed by atoms with Gasteiger partial charge in [0.15, 0.2) is 0 Å². The predicted octanol–water partition coefficient (Wildman–Crippen LogP) is -0.0124. The summed E-state index contributed by atoms with van der Waals surface area (Å²) in [7, 11) is 1.37. The zero-order valence-corrected chi connectivity index (χ0v) is 10.4. The number of hydrogen-bond acceptors (Lipinski definition) is 5. The van der Waals surface area contributed by atoms with Crippen LogP contribution in [0.1, 0.15) is 20.3 Å². The van der Waals surface area contributed by atoms with Crippen molar-refractivity contribution in [2.24, 2.45) is 5.73 Å². The first-order valence-corrected chi connectivity index (χ1v) is 5.66. The van der Waals surface area contributed by atoms with Crippen molar-refractivity contribution < 1.29 is 14.3 Å². The monoisotopic (exact) mass is 230 g/mol. The van der Waals surface area contributed by atoms with Gasteiger partial charge in [-0.05, 0) is 20.3 Å². The molecule has 1 aliphatic rings. The van der Waals surface area contributed by atoms with Crippen LogP contribution in [0.2, 0.25) is 0 Å². The van der Waals surface area contributed by atoms with Crippen molar-refractivity contribution in [3.63, 3.8) is 0 Å². The van der Waals surface area contributed by atoms with E-state index in [-0.39, 0.29) is 12.0 Å². The molecule has 0 amide bonds. The number of carbonyl (C=O) groups is 1. The van der Waals surface area contributed by atoms with Crippen LogP contribution >= 0.6 is 0 Å². The molecule has 0 aromatic heterocycles. The first-order chi connectivity index (χ1) is 7.47. The minimum absolute atomic E-state index is 0.262. The molecule has 1 rings (SSSR count). The minimum Gasteiger partial charge on any atom is -0.468 e. The van der Waals surface area contributed by atoms with Crippen molar-refractivity contribution in [2.45, 2.75) is 31.8 Å². The van der Waals surface area contributed by atoms with Crippen molar-refractivity contribution in [3.8, 4) is 0 Å². The van der Waals surface area contributed by atoms with Crippen molar-refractivity contribution >= 4 is 5.97 Å². The van der Waals surface area contributed by atoms with E-state index in [0.717, 1.165) is 26.3 Å². The van der Waals surface area contributed by atoms with Gasteiger partial charge in [-0.2, -0.15) is 0 Å². The Labute approximate surface area is 96.9 Å². The highest BCUT2D eigenvalue weighted by Crippen LogP contribution is 2.16. The third kappa shape index (κ3) is 3.43. The summed E-state index contributed by atoms with van der Waals surface area (Å²) >= 11 is 0. The third-order valence-corrected chi connectivity index (χ3v) is 3.04. The van der Waals surface area contributed by atoms with Crippen LogP contribution in [-0.4, -0.2) is 55.9 Å². The number of ether oxygens (including phenoxy) is 2. The van der Waals surface area contributed by atoms with Gasteiger partial charge in [0.05, 0.1) is 20.3 Å². The zero-order valence-electron chi connectivity index (χ0n) is 10.4. The van der Waals surface area contributed by atoms with Gasteiger partial charge in [-0.1, -0.05) is 0 Å². The Kier molecular flexibility index (Phi) is 4.70. The number of rotatable bonds is 4. The van der Waals surface area contributed by atoms with E-state index < -0.39 is 5.54 Å². The number of nitrogens with zero attached hydrogens (tertiary/aromatic N) is 1. The summed E-state index contributed by atoms with van der Waals surface area (Å²) in [6.07, 6.45) is 0.597. The fraction of sp³-hybridized carbons (Fsp3) is 0.909. The highest BCUT2D eigenvalue weighted by molar-refractivity contribution is 5.79. The van der Waals surface area contributed by atoms with Crippen LogP contribution in [0.15, 0.2) is 0 Å². The molecule has 16 heavy (non-hydrogen) atoms. The van der Waals surface area contributed by atoms with Gasteiger partial charge in [0, 0.05) is 19.1 Å². The highest BCUT2D eigenvalue weighted by atomic mass is 16.5. The van der Waals surface area contributed by atoms with Crippen LogP contribution in [-0.2, 0) is 14.3 Å². The van der Waals surface area contributed by atoms with Gasteiger partial charge >= 0.3 is 5.97 Å². The third-order valence-electron chi connectivity index (χ3n) is 3.04. The Bertz CT molecular complexity index is 237. The van der Waals surface area contributed by atoms with E-state index in [1.165, 1.54) is 7.11 Å². The summed E-state index contributed by atoms with van der Waals surface area (Å²) in [5.41, 5.74) is 5.04. The fourth-order valence-electron chi connectivity index (χ4n) is 2.08. The van der Waals surface area contributed by atoms with E-state index in [2.05, 4.69) is 11.8 Å². The Morgan fingerprint density at radius 3 is 2.62 bits per heavy atom. The summed E-state index contributed by atoms with van der Waals surface area (Å²) in [6, 6.07) is 0.262. The molecule has 0 spiro atoms. The standard InChI is InChI=1S/C11H22N2O3/c1-9(13-4-6-16-7-5-13)8-11(2,12)10(14)15-3/h9H,4-8,12H2,1-3H3. The minimum atomic E-state index is -0.910. The lowest BCUT2D eigenvalue weighted by Gasteiger charge is -2.35. The predicted molar refractivity (Wildman–Crippen MR) is 61.1 cm³/mol. The first-order valence-electron chi connectivity index (χ1n) is 5.66. The quantitative estimate of drug-likeness (QED) is 0.688. The van der Waals surface area contributed by atoms with Gasteiger partial charge in [-0.25, -0.2) is 0 Å². The number of nitrogens with two attached hydrogens (primary N) is 1. The molecular weight excluding hydrogens is 208 g/mol. The van der Waals surface area contributed by atoms with Gasteiger partial charge in [-0.3, -0.25) is 9.69 Å². The molecule has 0 radical (unpaired) electrons. The van der Waals surface area contributed by atoms with Gasteiger partial charge in [0.1, 0.15) is 5.54 Å². The molecule has 2 N–H and O–H groups in total. The molecule has 0 saturated carbocycles. The molecule has 1 fully saturated rings. The lowest BCUT2D eigenvalue weighted by molar-refractivity contribution is -0.147. The Hall–Kier alpha value is -0.650. The van der Waals surface area contributed by atoms with E-state index in [4.69, 9.17) is 15.2 Å². The second kappa shape index (κ2) is 5.61. The van der Waals surface area contributed by atoms with Gasteiger partial charge in [0.2, 0.25) is 0 Å². The van der Waals surface area contributed by atoms with E-state index in [9.17, 15) is 4.79 Å². The smallest absolute Gasteiger partial charge is 0.325 e. The molecule has 94 valence electrons. The maximum Gasteiger partial charge on any atom is 0.325 e. The van der Waals surface area contributed by atoms with Crippen LogP contribution in [0.3, 0.4) is 0 Å². The van der Waals surface area contributed by atoms with Gasteiger partial charge in [-0.15, -0.1) is 0 Å². The molecular formula is C11H22N2O3. The second-order valence-electron chi connectivity index (χ2n) is 4.61. The summed E-state index contributed by atoms with van der Waals surface area (Å²) in [5, 5.41) is 0. The van der Waals surface area contributed by atoms with Gasteiger partial charge < -0.3 is 15.2 Å². The number of methoxy groups -OCH3 is 1. The number of esters is 1. The molecule has 1 saturated heterocycles. The van der Waals surface area contributed by atoms with Crippen molar-refractivity contribution in [3.05, 3.63) is 0 Å². The Morgan fingerprint density at radius 2 is 2.12 bits per heavy atom. The van der Waals surface area contributed by atoms with E-state index >= 15 is 0 Å². The molecule has 0 aromatic rings. The van der Waals surface area contributed by atoms with E-state index in [1.807, 2.05) is 0 Å². The molecule has 1 heterocycles. The maximum absolute atomic E-state index is 11.5. The normalized spacial score (nSPS) is 23.5. The van der Waals surface area contributed by atoms with E-state index in [0.29, 0.717) is 6.42 Å². The van der Waals surface area contributed by atoms with Crippen molar-refractivity contribution in [2.75, 3.05) is 33.4 Å². The molecule has 2 unspecified atom stereocenters. The SMILES string of the molecule is COC(=O)C(C)(N)CC(C)N1CCOCC1. The molecule has 2 atom stereocenters. The molecule has 1 aliphatic heterocycles. The zero-order chi connectivity index (χ0) is 12.2. The van der Waals surface area contributed by atoms with Crippen molar-refractivity contribution in [1.82, 2.24) is 4.90 Å². The maximum atomic E-state index is 11.5. The lowest BCUT2D eigenvalue weighted by atomic mass is 9.94. The molecule has 5 nitrogen and oxygen atoms in total. The summed E-state index contributed by atoms with van der Waals surface area (Å²) in [6.45, 7) is 7.11. The molecule has 0 aromatic carbocycles. The highest BCUT2D eigenvalue weighted by Gasteiger charge is 2.33. The van der Waals surface area contributed by atoms with E-state index in [1.54, 1.807) is 6.92 Å². The second-order valence-corrected chi connectivity index (χ2v) is 4.61. The average Bonchev–Trinajstić information content (AvgIpc) is 2.28. The topological polar surface area (TPSA) is 64.8 Å².